The minimum atomic E-state index is -0.463. The molecule has 0 atom stereocenters. The number of ether oxygens (including phenoxy) is 2. The lowest BCUT2D eigenvalue weighted by Gasteiger charge is -2.29. The van der Waals surface area contributed by atoms with Crippen LogP contribution in [-0.2, 0) is 20.7 Å². The highest BCUT2D eigenvalue weighted by Crippen LogP contribution is 2.32. The SMILES string of the molecule is COC(=O)c1c(CC(C)C)csc1NC(=O)CCN1C(=O)COc2ccccc21. The summed E-state index contributed by atoms with van der Waals surface area (Å²) in [5.74, 6) is 0.0579. The topological polar surface area (TPSA) is 84.9 Å². The van der Waals surface area contributed by atoms with Gasteiger partial charge in [-0.15, -0.1) is 11.3 Å². The summed E-state index contributed by atoms with van der Waals surface area (Å²) >= 11 is 1.31. The van der Waals surface area contributed by atoms with E-state index >= 15 is 0 Å². The molecule has 2 aromatic rings. The Morgan fingerprint density at radius 1 is 1.31 bits per heavy atom. The number of hydrogen-bond acceptors (Lipinski definition) is 6. The predicted octanol–water partition coefficient (Wildman–Crippen LogP) is 3.49. The highest BCUT2D eigenvalue weighted by molar-refractivity contribution is 7.15. The van der Waals surface area contributed by atoms with Gasteiger partial charge in [0.15, 0.2) is 6.61 Å². The second kappa shape index (κ2) is 9.09. The van der Waals surface area contributed by atoms with E-state index in [0.29, 0.717) is 27.9 Å². The molecule has 0 radical (unpaired) electrons. The molecule has 0 saturated carbocycles. The van der Waals surface area contributed by atoms with E-state index < -0.39 is 5.97 Å². The molecule has 154 valence electrons. The van der Waals surface area contributed by atoms with Gasteiger partial charge in [-0.25, -0.2) is 4.79 Å². The van der Waals surface area contributed by atoms with Gasteiger partial charge in [0.1, 0.15) is 10.8 Å². The van der Waals surface area contributed by atoms with Gasteiger partial charge in [0.25, 0.3) is 5.91 Å². The average molecular weight is 416 g/mol. The van der Waals surface area contributed by atoms with Gasteiger partial charge >= 0.3 is 5.97 Å². The van der Waals surface area contributed by atoms with Crippen molar-refractivity contribution >= 4 is 39.8 Å². The molecule has 1 aromatic carbocycles. The van der Waals surface area contributed by atoms with Gasteiger partial charge in [-0.1, -0.05) is 26.0 Å². The van der Waals surface area contributed by atoms with E-state index in [0.717, 1.165) is 12.0 Å². The number of thiophene rings is 1. The fraction of sp³-hybridized carbons (Fsp3) is 0.381. The molecule has 2 amide bonds. The lowest BCUT2D eigenvalue weighted by atomic mass is 10.0. The first-order valence-corrected chi connectivity index (χ1v) is 10.3. The number of nitrogens with one attached hydrogen (secondary N) is 1. The smallest absolute Gasteiger partial charge is 0.341 e. The lowest BCUT2D eigenvalue weighted by molar-refractivity contribution is -0.121. The third-order valence-electron chi connectivity index (χ3n) is 4.51. The molecule has 0 bridgehead atoms. The maximum atomic E-state index is 12.5. The summed E-state index contributed by atoms with van der Waals surface area (Å²) in [6.45, 7) is 4.31. The molecule has 3 rings (SSSR count). The summed E-state index contributed by atoms with van der Waals surface area (Å²) in [5, 5.41) is 5.16. The van der Waals surface area contributed by atoms with Crippen LogP contribution in [0.15, 0.2) is 29.6 Å². The van der Waals surface area contributed by atoms with Crippen molar-refractivity contribution in [1.82, 2.24) is 0 Å². The fourth-order valence-corrected chi connectivity index (χ4v) is 4.18. The zero-order valence-corrected chi connectivity index (χ0v) is 17.5. The van der Waals surface area contributed by atoms with E-state index in [9.17, 15) is 14.4 Å². The summed E-state index contributed by atoms with van der Waals surface area (Å²) in [4.78, 5) is 38.6. The Balaban J connectivity index is 1.69. The van der Waals surface area contributed by atoms with Gasteiger partial charge in [-0.2, -0.15) is 0 Å². The number of carbonyl (C=O) groups is 3. The molecule has 7 nitrogen and oxygen atoms in total. The number of benzene rings is 1. The monoisotopic (exact) mass is 416 g/mol. The van der Waals surface area contributed by atoms with Crippen LogP contribution in [0.1, 0.15) is 36.2 Å². The van der Waals surface area contributed by atoms with Crippen LogP contribution in [0.5, 0.6) is 5.75 Å². The third kappa shape index (κ3) is 4.76. The van der Waals surface area contributed by atoms with Crippen LogP contribution in [0.3, 0.4) is 0 Å². The number of amides is 2. The first-order valence-electron chi connectivity index (χ1n) is 9.41. The van der Waals surface area contributed by atoms with E-state index in [4.69, 9.17) is 9.47 Å². The summed E-state index contributed by atoms with van der Waals surface area (Å²) in [6, 6.07) is 7.23. The van der Waals surface area contributed by atoms with Gasteiger partial charge < -0.3 is 19.7 Å². The summed E-state index contributed by atoms with van der Waals surface area (Å²) in [5.41, 5.74) is 1.93. The number of para-hydroxylation sites is 2. The number of rotatable bonds is 7. The zero-order chi connectivity index (χ0) is 21.0. The van der Waals surface area contributed by atoms with Crippen molar-refractivity contribution in [2.75, 3.05) is 30.5 Å². The number of fused-ring (bicyclic) bond motifs is 1. The van der Waals surface area contributed by atoms with Gasteiger partial charge in [-0.05, 0) is 35.4 Å². The Bertz CT molecular complexity index is 922. The van der Waals surface area contributed by atoms with Crippen LogP contribution in [-0.4, -0.2) is 38.0 Å². The predicted molar refractivity (Wildman–Crippen MR) is 112 cm³/mol. The molecule has 1 aliphatic heterocycles. The van der Waals surface area contributed by atoms with E-state index in [-0.39, 0.29) is 31.4 Å². The third-order valence-corrected chi connectivity index (χ3v) is 5.45. The Labute approximate surface area is 173 Å². The standard InChI is InChI=1S/C21H24N2O5S/c1-13(2)10-14-12-29-20(19(14)21(26)27-3)22-17(24)8-9-23-15-6-4-5-7-16(15)28-11-18(23)25/h4-7,12-13H,8-11H2,1-3H3,(H,22,24). The Morgan fingerprint density at radius 3 is 2.79 bits per heavy atom. The lowest BCUT2D eigenvalue weighted by Crippen LogP contribution is -2.40. The number of methoxy groups -OCH3 is 1. The van der Waals surface area contributed by atoms with Crippen molar-refractivity contribution in [3.8, 4) is 5.75 Å². The van der Waals surface area contributed by atoms with E-state index in [2.05, 4.69) is 19.2 Å². The Kier molecular flexibility index (Phi) is 6.53. The fourth-order valence-electron chi connectivity index (χ4n) is 3.20. The maximum absolute atomic E-state index is 12.5. The normalized spacial score (nSPS) is 13.1. The van der Waals surface area contributed by atoms with Crippen LogP contribution in [0.25, 0.3) is 0 Å². The molecule has 1 aliphatic rings. The minimum Gasteiger partial charge on any atom is -0.482 e. The molecule has 0 spiro atoms. The zero-order valence-electron chi connectivity index (χ0n) is 16.7. The van der Waals surface area contributed by atoms with Crippen molar-refractivity contribution in [2.45, 2.75) is 26.7 Å². The molecule has 0 unspecified atom stereocenters. The van der Waals surface area contributed by atoms with Crippen LogP contribution < -0.4 is 15.0 Å². The van der Waals surface area contributed by atoms with Crippen molar-refractivity contribution < 1.29 is 23.9 Å². The van der Waals surface area contributed by atoms with E-state index in [1.54, 1.807) is 17.0 Å². The highest BCUT2D eigenvalue weighted by Gasteiger charge is 2.26. The average Bonchev–Trinajstić information content (AvgIpc) is 3.07. The molecule has 8 heteroatoms. The first-order chi connectivity index (χ1) is 13.9. The van der Waals surface area contributed by atoms with Crippen molar-refractivity contribution in [3.63, 3.8) is 0 Å². The molecule has 1 N–H and O–H groups in total. The van der Waals surface area contributed by atoms with Gasteiger partial charge in [0.2, 0.25) is 5.91 Å². The number of nitrogens with zero attached hydrogens (tertiary/aromatic N) is 1. The molecule has 0 aliphatic carbocycles. The maximum Gasteiger partial charge on any atom is 0.341 e. The molecular formula is C21H24N2O5S. The highest BCUT2D eigenvalue weighted by atomic mass is 32.1. The van der Waals surface area contributed by atoms with Crippen LogP contribution in [0.2, 0.25) is 0 Å². The number of anilines is 2. The van der Waals surface area contributed by atoms with Gasteiger partial charge in [0, 0.05) is 13.0 Å². The first kappa shape index (κ1) is 20.9. The summed E-state index contributed by atoms with van der Waals surface area (Å²) < 4.78 is 10.3. The van der Waals surface area contributed by atoms with Crippen molar-refractivity contribution in [1.29, 1.82) is 0 Å². The molecule has 0 fully saturated rings. The van der Waals surface area contributed by atoms with Gasteiger partial charge in [-0.3, -0.25) is 9.59 Å². The molecular weight excluding hydrogens is 392 g/mol. The van der Waals surface area contributed by atoms with Crippen molar-refractivity contribution in [2.24, 2.45) is 5.92 Å². The largest absolute Gasteiger partial charge is 0.482 e. The van der Waals surface area contributed by atoms with E-state index in [1.165, 1.54) is 18.4 Å². The second-order valence-electron chi connectivity index (χ2n) is 7.15. The molecule has 1 aromatic heterocycles. The summed E-state index contributed by atoms with van der Waals surface area (Å²) in [7, 11) is 1.33. The Hall–Kier alpha value is -2.87. The molecule has 2 heterocycles. The quantitative estimate of drug-likeness (QED) is 0.699. The molecule has 29 heavy (non-hydrogen) atoms. The summed E-state index contributed by atoms with van der Waals surface area (Å²) in [6.07, 6.45) is 0.813. The van der Waals surface area contributed by atoms with Gasteiger partial charge in [0.05, 0.1) is 18.4 Å². The number of carbonyl (C=O) groups excluding carboxylic acids is 3. The van der Waals surface area contributed by atoms with Crippen molar-refractivity contribution in [3.05, 3.63) is 40.8 Å². The van der Waals surface area contributed by atoms with Crippen LogP contribution in [0.4, 0.5) is 10.7 Å². The minimum absolute atomic E-state index is 0.0470. The Morgan fingerprint density at radius 2 is 2.07 bits per heavy atom. The number of esters is 1. The number of hydrogen-bond donors (Lipinski definition) is 1. The molecule has 0 saturated heterocycles. The second-order valence-corrected chi connectivity index (χ2v) is 8.03. The van der Waals surface area contributed by atoms with E-state index in [1.807, 2.05) is 17.5 Å². The van der Waals surface area contributed by atoms with Crippen LogP contribution in [0, 0.1) is 5.92 Å². The van der Waals surface area contributed by atoms with Crippen LogP contribution >= 0.6 is 11.3 Å².